The van der Waals surface area contributed by atoms with Gasteiger partial charge in [-0.15, -0.1) is 0 Å². The number of aromatic nitrogens is 3. The van der Waals surface area contributed by atoms with Crippen LogP contribution in [0.25, 0.3) is 0 Å². The molecule has 0 unspecified atom stereocenters. The molecule has 7 nitrogen and oxygen atoms in total. The summed E-state index contributed by atoms with van der Waals surface area (Å²) < 4.78 is 5.12. The van der Waals surface area contributed by atoms with Gasteiger partial charge in [-0.1, -0.05) is 6.07 Å². The molecule has 0 bridgehead atoms. The number of anilines is 1. The number of carbonyl (C=O) groups is 1. The molecule has 0 spiro atoms. The minimum Gasteiger partial charge on any atom is -0.497 e. The van der Waals surface area contributed by atoms with Gasteiger partial charge in [-0.05, 0) is 12.1 Å². The molecular weight excluding hydrogens is 248 g/mol. The summed E-state index contributed by atoms with van der Waals surface area (Å²) in [6.07, 6.45) is 0. The molecule has 7 heteroatoms. The van der Waals surface area contributed by atoms with Gasteiger partial charge >= 0.3 is 5.69 Å². The average molecular weight is 262 g/mol. The number of H-pyrrole nitrogens is 2. The Morgan fingerprint density at radius 3 is 2.84 bits per heavy atom. The molecule has 0 aliphatic rings. The van der Waals surface area contributed by atoms with E-state index >= 15 is 0 Å². The maximum absolute atomic E-state index is 11.7. The maximum atomic E-state index is 11.7. The smallest absolute Gasteiger partial charge is 0.340 e. The molecule has 0 atom stereocenters. The number of rotatable bonds is 4. The van der Waals surface area contributed by atoms with Crippen molar-refractivity contribution < 1.29 is 9.53 Å². The summed E-state index contributed by atoms with van der Waals surface area (Å²) in [7, 11) is 1.56. The van der Waals surface area contributed by atoms with Gasteiger partial charge in [0.25, 0.3) is 0 Å². The average Bonchev–Trinajstić information content (AvgIpc) is 2.81. The van der Waals surface area contributed by atoms with E-state index in [1.54, 1.807) is 31.4 Å². The standard InChI is InChI=1S/C12H14N4O3/c1-8(17)16(7-11-13-12(18)15-14-11)9-4-3-5-10(6-9)19-2/h3-6H,7H2,1-2H3,(H2,13,14,15,18). The first kappa shape index (κ1) is 12.9. The van der Waals surface area contributed by atoms with Gasteiger partial charge in [0.1, 0.15) is 5.75 Å². The molecule has 0 aliphatic heterocycles. The van der Waals surface area contributed by atoms with Crippen molar-refractivity contribution in [3.05, 3.63) is 40.6 Å². The van der Waals surface area contributed by atoms with Crippen molar-refractivity contribution in [3.8, 4) is 5.75 Å². The van der Waals surface area contributed by atoms with Crippen molar-refractivity contribution in [1.82, 2.24) is 15.2 Å². The predicted molar refractivity (Wildman–Crippen MR) is 69.1 cm³/mol. The highest BCUT2D eigenvalue weighted by Crippen LogP contribution is 2.22. The van der Waals surface area contributed by atoms with Gasteiger partial charge in [0, 0.05) is 18.7 Å². The summed E-state index contributed by atoms with van der Waals surface area (Å²) >= 11 is 0. The Kier molecular flexibility index (Phi) is 3.65. The van der Waals surface area contributed by atoms with Crippen molar-refractivity contribution in [2.24, 2.45) is 0 Å². The zero-order valence-corrected chi connectivity index (χ0v) is 10.6. The highest BCUT2D eigenvalue weighted by atomic mass is 16.5. The highest BCUT2D eigenvalue weighted by molar-refractivity contribution is 5.91. The maximum Gasteiger partial charge on any atom is 0.340 e. The van der Waals surface area contributed by atoms with Crippen molar-refractivity contribution in [2.75, 3.05) is 12.0 Å². The molecule has 2 rings (SSSR count). The van der Waals surface area contributed by atoms with Crippen LogP contribution in [-0.4, -0.2) is 28.2 Å². The van der Waals surface area contributed by atoms with E-state index in [2.05, 4.69) is 15.2 Å². The molecular formula is C12H14N4O3. The van der Waals surface area contributed by atoms with Crippen LogP contribution < -0.4 is 15.3 Å². The number of amides is 1. The molecule has 0 aliphatic carbocycles. The van der Waals surface area contributed by atoms with Crippen molar-refractivity contribution in [1.29, 1.82) is 0 Å². The largest absolute Gasteiger partial charge is 0.497 e. The molecule has 1 heterocycles. The summed E-state index contributed by atoms with van der Waals surface area (Å²) in [5.74, 6) is 0.888. The molecule has 19 heavy (non-hydrogen) atoms. The van der Waals surface area contributed by atoms with Gasteiger partial charge in [0.2, 0.25) is 5.91 Å². The summed E-state index contributed by atoms with van der Waals surface area (Å²) in [6, 6.07) is 7.11. The van der Waals surface area contributed by atoms with Gasteiger partial charge in [-0.2, -0.15) is 5.10 Å². The van der Waals surface area contributed by atoms with Gasteiger partial charge in [-0.3, -0.25) is 9.78 Å². The van der Waals surface area contributed by atoms with E-state index in [4.69, 9.17) is 4.74 Å². The summed E-state index contributed by atoms with van der Waals surface area (Å²) in [6.45, 7) is 1.63. The van der Waals surface area contributed by atoms with Crippen LogP contribution in [0, 0.1) is 0 Å². The Morgan fingerprint density at radius 1 is 1.47 bits per heavy atom. The lowest BCUT2D eigenvalue weighted by atomic mass is 10.2. The van der Waals surface area contributed by atoms with Crippen LogP contribution in [-0.2, 0) is 11.3 Å². The number of nitrogens with one attached hydrogen (secondary N) is 2. The molecule has 1 aromatic carbocycles. The third-order valence-electron chi connectivity index (χ3n) is 2.60. The fourth-order valence-corrected chi connectivity index (χ4v) is 1.69. The number of aromatic amines is 2. The van der Waals surface area contributed by atoms with E-state index in [-0.39, 0.29) is 12.5 Å². The first-order chi connectivity index (χ1) is 9.10. The number of benzene rings is 1. The van der Waals surface area contributed by atoms with Crippen molar-refractivity contribution in [3.63, 3.8) is 0 Å². The highest BCUT2D eigenvalue weighted by Gasteiger charge is 2.14. The first-order valence-corrected chi connectivity index (χ1v) is 5.66. The number of methoxy groups -OCH3 is 1. The van der Waals surface area contributed by atoms with Crippen LogP contribution in [0.3, 0.4) is 0 Å². The Hall–Kier alpha value is -2.57. The van der Waals surface area contributed by atoms with E-state index < -0.39 is 5.69 Å². The van der Waals surface area contributed by atoms with Crippen LogP contribution in [0.4, 0.5) is 5.69 Å². The van der Waals surface area contributed by atoms with Crippen molar-refractivity contribution in [2.45, 2.75) is 13.5 Å². The van der Waals surface area contributed by atoms with Gasteiger partial charge in [0.15, 0.2) is 5.82 Å². The topological polar surface area (TPSA) is 91.1 Å². The molecule has 2 N–H and O–H groups in total. The Morgan fingerprint density at radius 2 is 2.26 bits per heavy atom. The van der Waals surface area contributed by atoms with E-state index in [1.807, 2.05) is 0 Å². The van der Waals surface area contributed by atoms with Crippen LogP contribution in [0.2, 0.25) is 0 Å². The SMILES string of the molecule is COc1cccc(N(Cc2n[nH]c(=O)[nH]2)C(C)=O)c1. The Labute approximate surface area is 109 Å². The fraction of sp³-hybridized carbons (Fsp3) is 0.250. The molecule has 100 valence electrons. The molecule has 0 saturated heterocycles. The lowest BCUT2D eigenvalue weighted by molar-refractivity contribution is -0.116. The predicted octanol–water partition coefficient (Wildman–Crippen LogP) is 0.660. The zero-order chi connectivity index (χ0) is 13.8. The third kappa shape index (κ3) is 3.01. The van der Waals surface area contributed by atoms with Gasteiger partial charge in [-0.25, -0.2) is 9.89 Å². The molecule has 1 amide bonds. The summed E-state index contributed by atoms with van der Waals surface area (Å²) in [4.78, 5) is 26.7. The van der Waals surface area contributed by atoms with E-state index in [0.29, 0.717) is 17.3 Å². The lowest BCUT2D eigenvalue weighted by Crippen LogP contribution is -2.28. The molecule has 0 radical (unpaired) electrons. The second kappa shape index (κ2) is 5.38. The monoisotopic (exact) mass is 262 g/mol. The lowest BCUT2D eigenvalue weighted by Gasteiger charge is -2.20. The minimum atomic E-state index is -0.399. The number of nitrogens with zero attached hydrogens (tertiary/aromatic N) is 2. The first-order valence-electron chi connectivity index (χ1n) is 5.66. The molecule has 2 aromatic rings. The van der Waals surface area contributed by atoms with Crippen LogP contribution in [0.5, 0.6) is 5.75 Å². The van der Waals surface area contributed by atoms with Crippen LogP contribution >= 0.6 is 0 Å². The Bertz CT molecular complexity index is 632. The van der Waals surface area contributed by atoms with Gasteiger partial charge < -0.3 is 9.64 Å². The van der Waals surface area contributed by atoms with E-state index in [1.165, 1.54) is 11.8 Å². The number of hydrogen-bond acceptors (Lipinski definition) is 4. The molecule has 1 aromatic heterocycles. The second-order valence-corrected chi connectivity index (χ2v) is 3.93. The normalized spacial score (nSPS) is 10.2. The minimum absolute atomic E-state index is 0.155. The van der Waals surface area contributed by atoms with Crippen LogP contribution in [0.1, 0.15) is 12.7 Å². The van der Waals surface area contributed by atoms with Crippen molar-refractivity contribution >= 4 is 11.6 Å². The molecule has 0 saturated carbocycles. The fourth-order valence-electron chi connectivity index (χ4n) is 1.69. The van der Waals surface area contributed by atoms with Gasteiger partial charge in [0.05, 0.1) is 13.7 Å². The van der Waals surface area contributed by atoms with E-state index in [0.717, 1.165) is 0 Å². The number of ether oxygens (including phenoxy) is 1. The third-order valence-corrected chi connectivity index (χ3v) is 2.60. The Balaban J connectivity index is 2.29. The quantitative estimate of drug-likeness (QED) is 0.846. The zero-order valence-electron chi connectivity index (χ0n) is 10.6. The summed E-state index contributed by atoms with van der Waals surface area (Å²) in [5.41, 5.74) is 0.278. The summed E-state index contributed by atoms with van der Waals surface area (Å²) in [5, 5.41) is 6.05. The second-order valence-electron chi connectivity index (χ2n) is 3.93. The van der Waals surface area contributed by atoms with Crippen LogP contribution in [0.15, 0.2) is 29.1 Å². The molecule has 0 fully saturated rings. The van der Waals surface area contributed by atoms with E-state index in [9.17, 15) is 9.59 Å². The number of carbonyl (C=O) groups excluding carboxylic acids is 1. The number of hydrogen-bond donors (Lipinski definition) is 2.